The first kappa shape index (κ1) is 24.4. The molecular weight excluding hydrogens is 507 g/mol. The molecule has 0 radical (unpaired) electrons. The number of aryl methyl sites for hydroxylation is 1. The molecule has 0 bridgehead atoms. The lowest BCUT2D eigenvalue weighted by Gasteiger charge is -2.11. The van der Waals surface area contributed by atoms with Gasteiger partial charge in [0, 0.05) is 32.1 Å². The maximum atomic E-state index is 5.63. The topological polar surface area (TPSA) is 85.6 Å². The summed E-state index contributed by atoms with van der Waals surface area (Å²) >= 11 is 0. The molecule has 166 valence electrons. The van der Waals surface area contributed by atoms with Crippen LogP contribution in [0.2, 0.25) is 0 Å². The lowest BCUT2D eigenvalue weighted by atomic mass is 10.3. The van der Waals surface area contributed by atoms with Gasteiger partial charge in [-0.25, -0.2) is 9.98 Å². The van der Waals surface area contributed by atoms with E-state index >= 15 is 0 Å². The van der Waals surface area contributed by atoms with E-state index in [0.717, 1.165) is 29.5 Å². The molecule has 0 atom stereocenters. The summed E-state index contributed by atoms with van der Waals surface area (Å²) in [6, 6.07) is 15.5. The fourth-order valence-electron chi connectivity index (χ4n) is 2.67. The van der Waals surface area contributed by atoms with E-state index in [0.29, 0.717) is 32.2 Å². The Morgan fingerprint density at radius 2 is 1.84 bits per heavy atom. The number of ether oxygens (including phenoxy) is 2. The molecule has 2 N–H and O–H groups in total. The zero-order valence-electron chi connectivity index (χ0n) is 17.8. The Balaban J connectivity index is 0.00000341. The number of rotatable bonds is 10. The van der Waals surface area contributed by atoms with E-state index in [2.05, 4.69) is 25.7 Å². The molecule has 0 unspecified atom stereocenters. The number of pyridine rings is 1. The molecular formula is C22H29IN6O2. The van der Waals surface area contributed by atoms with Crippen molar-refractivity contribution in [3.8, 4) is 11.6 Å². The van der Waals surface area contributed by atoms with Gasteiger partial charge in [0.05, 0.1) is 18.8 Å². The molecule has 0 aliphatic carbocycles. The van der Waals surface area contributed by atoms with Crippen molar-refractivity contribution in [1.82, 2.24) is 25.4 Å². The van der Waals surface area contributed by atoms with E-state index < -0.39 is 0 Å². The molecule has 9 heteroatoms. The maximum absolute atomic E-state index is 5.63. The molecule has 8 nitrogen and oxygen atoms in total. The minimum Gasteiger partial charge on any atom is -0.490 e. The van der Waals surface area contributed by atoms with Crippen LogP contribution in [0.4, 0.5) is 0 Å². The Labute approximate surface area is 200 Å². The summed E-state index contributed by atoms with van der Waals surface area (Å²) < 4.78 is 13.1. The van der Waals surface area contributed by atoms with Gasteiger partial charge in [-0.3, -0.25) is 4.68 Å². The zero-order valence-corrected chi connectivity index (χ0v) is 20.2. The minimum absolute atomic E-state index is 0. The Hall–Kier alpha value is -2.82. The van der Waals surface area contributed by atoms with E-state index in [-0.39, 0.29) is 24.0 Å². The summed E-state index contributed by atoms with van der Waals surface area (Å²) in [6.45, 7) is 4.89. The van der Waals surface area contributed by atoms with E-state index in [1.165, 1.54) is 0 Å². The lowest BCUT2D eigenvalue weighted by Crippen LogP contribution is -2.37. The van der Waals surface area contributed by atoms with Crippen molar-refractivity contribution in [3.05, 3.63) is 72.2 Å². The number of benzene rings is 1. The molecule has 3 rings (SSSR count). The van der Waals surface area contributed by atoms with Gasteiger partial charge < -0.3 is 20.1 Å². The number of aliphatic imine (C=N–C) groups is 1. The van der Waals surface area contributed by atoms with Crippen LogP contribution < -0.4 is 20.1 Å². The third-order valence-corrected chi connectivity index (χ3v) is 4.27. The number of halogens is 1. The van der Waals surface area contributed by atoms with E-state index in [1.54, 1.807) is 12.4 Å². The minimum atomic E-state index is 0. The Morgan fingerprint density at radius 1 is 1.03 bits per heavy atom. The van der Waals surface area contributed by atoms with Gasteiger partial charge in [-0.15, -0.1) is 24.0 Å². The zero-order chi connectivity index (χ0) is 21.0. The normalized spacial score (nSPS) is 10.8. The molecule has 31 heavy (non-hydrogen) atoms. The second-order valence-electron chi connectivity index (χ2n) is 6.51. The molecule has 0 fully saturated rings. The van der Waals surface area contributed by atoms with Crippen molar-refractivity contribution >= 4 is 29.9 Å². The summed E-state index contributed by atoms with van der Waals surface area (Å²) in [4.78, 5) is 8.96. The summed E-state index contributed by atoms with van der Waals surface area (Å²) in [5.41, 5.74) is 2.08. The van der Waals surface area contributed by atoms with Crippen molar-refractivity contribution in [2.75, 3.05) is 19.8 Å². The van der Waals surface area contributed by atoms with Crippen LogP contribution in [-0.2, 0) is 20.1 Å². The van der Waals surface area contributed by atoms with Crippen LogP contribution >= 0.6 is 24.0 Å². The molecule has 0 saturated heterocycles. The van der Waals surface area contributed by atoms with Crippen molar-refractivity contribution in [2.45, 2.75) is 20.0 Å². The number of guanidine groups is 1. The molecule has 2 aromatic heterocycles. The summed E-state index contributed by atoms with van der Waals surface area (Å²) in [6.07, 6.45) is 3.56. The number of hydrogen-bond donors (Lipinski definition) is 2. The van der Waals surface area contributed by atoms with Crippen molar-refractivity contribution in [1.29, 1.82) is 0 Å². The molecule has 0 amide bonds. The average molecular weight is 536 g/mol. The van der Waals surface area contributed by atoms with Crippen LogP contribution in [0.5, 0.6) is 11.6 Å². The van der Waals surface area contributed by atoms with Crippen LogP contribution in [0.15, 0.2) is 65.9 Å². The third-order valence-electron chi connectivity index (χ3n) is 4.27. The standard InChI is InChI=1S/C22H28N6O2.HI/c1-3-23-22(26-17-19-11-12-27-28(19)2)25-16-18-9-10-21(24-15-18)30-14-13-29-20-7-5-4-6-8-20;/h4-12,15H,3,13-14,16-17H2,1-2H3,(H2,23,25,26);1H. The third kappa shape index (κ3) is 8.44. The first-order chi connectivity index (χ1) is 14.7. The number of para-hydroxylation sites is 1. The largest absolute Gasteiger partial charge is 0.490 e. The van der Waals surface area contributed by atoms with Crippen molar-refractivity contribution in [2.24, 2.45) is 12.0 Å². The van der Waals surface area contributed by atoms with Crippen molar-refractivity contribution < 1.29 is 9.47 Å². The Bertz CT molecular complexity index is 915. The van der Waals surface area contributed by atoms with Crippen LogP contribution in [0.3, 0.4) is 0 Å². The van der Waals surface area contributed by atoms with Crippen LogP contribution in [-0.4, -0.2) is 40.5 Å². The average Bonchev–Trinajstić information content (AvgIpc) is 3.19. The fourth-order valence-corrected chi connectivity index (χ4v) is 2.67. The molecule has 0 spiro atoms. The second-order valence-corrected chi connectivity index (χ2v) is 6.51. The Morgan fingerprint density at radius 3 is 2.52 bits per heavy atom. The van der Waals surface area contributed by atoms with E-state index in [1.807, 2.05) is 67.2 Å². The van der Waals surface area contributed by atoms with Gasteiger partial charge in [0.25, 0.3) is 0 Å². The monoisotopic (exact) mass is 536 g/mol. The maximum Gasteiger partial charge on any atom is 0.213 e. The summed E-state index contributed by atoms with van der Waals surface area (Å²) in [5.74, 6) is 2.15. The number of hydrogen-bond acceptors (Lipinski definition) is 5. The van der Waals surface area contributed by atoms with Gasteiger partial charge >= 0.3 is 0 Å². The highest BCUT2D eigenvalue weighted by atomic mass is 127. The highest BCUT2D eigenvalue weighted by molar-refractivity contribution is 14.0. The predicted molar refractivity (Wildman–Crippen MR) is 132 cm³/mol. The van der Waals surface area contributed by atoms with E-state index in [4.69, 9.17) is 9.47 Å². The van der Waals surface area contributed by atoms with Gasteiger partial charge in [0.1, 0.15) is 19.0 Å². The SMILES string of the molecule is CCNC(=NCc1ccc(OCCOc2ccccc2)nc1)NCc1ccnn1C.I. The lowest BCUT2D eigenvalue weighted by molar-refractivity contribution is 0.212. The van der Waals surface area contributed by atoms with E-state index in [9.17, 15) is 0 Å². The molecule has 0 saturated carbocycles. The van der Waals surface area contributed by atoms with Crippen LogP contribution in [0.1, 0.15) is 18.2 Å². The van der Waals surface area contributed by atoms with Gasteiger partial charge in [0.15, 0.2) is 5.96 Å². The predicted octanol–water partition coefficient (Wildman–Crippen LogP) is 3.15. The van der Waals surface area contributed by atoms with Crippen LogP contribution in [0.25, 0.3) is 0 Å². The first-order valence-electron chi connectivity index (χ1n) is 9.99. The smallest absolute Gasteiger partial charge is 0.213 e. The van der Waals surface area contributed by atoms with Gasteiger partial charge in [0.2, 0.25) is 5.88 Å². The highest BCUT2D eigenvalue weighted by Crippen LogP contribution is 2.10. The molecule has 0 aliphatic rings. The summed E-state index contributed by atoms with van der Waals surface area (Å²) in [5, 5.41) is 10.7. The van der Waals surface area contributed by atoms with Crippen LogP contribution in [0, 0.1) is 0 Å². The molecule has 3 aromatic rings. The number of aromatic nitrogens is 3. The summed E-state index contributed by atoms with van der Waals surface area (Å²) in [7, 11) is 1.92. The molecule has 1 aromatic carbocycles. The Kier molecular flexibility index (Phi) is 10.6. The van der Waals surface area contributed by atoms with Crippen molar-refractivity contribution in [3.63, 3.8) is 0 Å². The fraction of sp³-hybridized carbons (Fsp3) is 0.318. The number of nitrogens with zero attached hydrogens (tertiary/aromatic N) is 4. The number of nitrogens with one attached hydrogen (secondary N) is 2. The van der Waals surface area contributed by atoms with Gasteiger partial charge in [-0.2, -0.15) is 5.10 Å². The molecule has 0 aliphatic heterocycles. The second kappa shape index (κ2) is 13.5. The highest BCUT2D eigenvalue weighted by Gasteiger charge is 2.02. The van der Waals surface area contributed by atoms with Gasteiger partial charge in [-0.05, 0) is 30.7 Å². The quantitative estimate of drug-likeness (QED) is 0.179. The first-order valence-corrected chi connectivity index (χ1v) is 9.99. The molecule has 2 heterocycles. The van der Waals surface area contributed by atoms with Gasteiger partial charge in [-0.1, -0.05) is 24.3 Å².